The van der Waals surface area contributed by atoms with E-state index in [4.69, 9.17) is 4.42 Å². The van der Waals surface area contributed by atoms with E-state index in [1.165, 1.54) is 6.33 Å². The van der Waals surface area contributed by atoms with E-state index in [0.29, 0.717) is 60.4 Å². The summed E-state index contributed by atoms with van der Waals surface area (Å²) in [5, 5.41) is 5.09. The maximum Gasteiger partial charge on any atom is 0.258 e. The van der Waals surface area contributed by atoms with Crippen molar-refractivity contribution >= 4 is 43.3 Å². The van der Waals surface area contributed by atoms with E-state index in [-0.39, 0.29) is 11.4 Å². The summed E-state index contributed by atoms with van der Waals surface area (Å²) in [6.45, 7) is 6.50. The lowest BCUT2D eigenvalue weighted by Gasteiger charge is -2.34. The molecule has 5 rings (SSSR count). The van der Waals surface area contributed by atoms with Gasteiger partial charge in [0.25, 0.3) is 5.91 Å². The van der Waals surface area contributed by atoms with Crippen LogP contribution in [0.2, 0.25) is 0 Å². The molecule has 1 aliphatic carbocycles. The molecule has 0 bridgehead atoms. The summed E-state index contributed by atoms with van der Waals surface area (Å²) in [5.74, 6) is 1.88. The number of carbonyl (C=O) groups is 1. The lowest BCUT2D eigenvalue weighted by atomic mass is 10.1. The highest BCUT2D eigenvalue weighted by Crippen LogP contribution is 2.40. The van der Waals surface area contributed by atoms with Crippen LogP contribution in [0.5, 0.6) is 0 Å². The average molecular weight is 425 g/mol. The summed E-state index contributed by atoms with van der Waals surface area (Å²) in [4.78, 5) is 34.8. The van der Waals surface area contributed by atoms with Gasteiger partial charge in [0.2, 0.25) is 11.7 Å². The number of piperazine rings is 1. The van der Waals surface area contributed by atoms with Crippen molar-refractivity contribution in [1.82, 2.24) is 24.8 Å². The number of carbonyl (C=O) groups excluding carboxylic acids is 1. The molecule has 1 atom stereocenters. The van der Waals surface area contributed by atoms with E-state index in [0.717, 1.165) is 18.1 Å². The van der Waals surface area contributed by atoms with Crippen molar-refractivity contribution in [2.45, 2.75) is 32.2 Å². The van der Waals surface area contributed by atoms with Gasteiger partial charge in [-0.3, -0.25) is 4.79 Å². The highest BCUT2D eigenvalue weighted by molar-refractivity contribution is 7.27. The molecule has 2 aliphatic rings. The van der Waals surface area contributed by atoms with E-state index < -0.39 is 0 Å². The summed E-state index contributed by atoms with van der Waals surface area (Å²) in [6.07, 6.45) is 7.20. The Morgan fingerprint density at radius 1 is 1.13 bits per heavy atom. The molecule has 10 heteroatoms. The molecule has 1 saturated carbocycles. The predicted molar refractivity (Wildman–Crippen MR) is 117 cm³/mol. The smallest absolute Gasteiger partial charge is 0.258 e. The zero-order valence-electron chi connectivity index (χ0n) is 17.1. The first-order valence-electron chi connectivity index (χ1n) is 10.1. The number of hydrogen-bond donors (Lipinski definition) is 1. The van der Waals surface area contributed by atoms with E-state index in [9.17, 15) is 4.79 Å². The molecular weight excluding hydrogens is 401 g/mol. The Morgan fingerprint density at radius 2 is 1.83 bits per heavy atom. The van der Waals surface area contributed by atoms with Crippen molar-refractivity contribution in [3.63, 3.8) is 0 Å². The van der Waals surface area contributed by atoms with Crippen LogP contribution in [0, 0.1) is 6.92 Å². The second kappa shape index (κ2) is 7.16. The van der Waals surface area contributed by atoms with Gasteiger partial charge in [-0.1, -0.05) is 0 Å². The third kappa shape index (κ3) is 3.47. The van der Waals surface area contributed by atoms with Crippen LogP contribution in [0.4, 0.5) is 11.8 Å². The highest BCUT2D eigenvalue weighted by atomic mass is 31.0. The summed E-state index contributed by atoms with van der Waals surface area (Å²) < 4.78 is 5.82. The standard InChI is InChI=1S/C20H24N7O2P/c1-12-14(15-16(25-20(2)3-4-20)23-11-24-17(15)29-12)18(28)26-5-7-27(8-6-26)19-21-9-13(30)10-22-19/h9-11H,3-8,30H2,1-2H3,(H,23,24,25). The second-order valence-corrected chi connectivity index (χ2v) is 8.88. The molecule has 0 radical (unpaired) electrons. The van der Waals surface area contributed by atoms with Gasteiger partial charge < -0.3 is 19.5 Å². The minimum atomic E-state index is -0.0501. The van der Waals surface area contributed by atoms with Crippen LogP contribution in [0.3, 0.4) is 0 Å². The number of aryl methyl sites for hydroxylation is 1. The molecule has 1 aliphatic heterocycles. The minimum Gasteiger partial charge on any atom is -0.442 e. The van der Waals surface area contributed by atoms with Gasteiger partial charge in [-0.05, 0) is 26.7 Å². The zero-order chi connectivity index (χ0) is 20.9. The van der Waals surface area contributed by atoms with Crippen LogP contribution in [-0.4, -0.2) is 62.5 Å². The van der Waals surface area contributed by atoms with Gasteiger partial charge >= 0.3 is 0 Å². The van der Waals surface area contributed by atoms with Crippen molar-refractivity contribution in [2.24, 2.45) is 0 Å². The van der Waals surface area contributed by atoms with Crippen LogP contribution in [0.1, 0.15) is 35.9 Å². The van der Waals surface area contributed by atoms with Crippen LogP contribution >= 0.6 is 9.24 Å². The molecular formula is C20H24N7O2P. The third-order valence-corrected chi connectivity index (χ3v) is 6.10. The Bertz CT molecular complexity index is 1100. The van der Waals surface area contributed by atoms with E-state index in [1.54, 1.807) is 12.4 Å². The fourth-order valence-corrected chi connectivity index (χ4v) is 3.91. The minimum absolute atomic E-state index is 0.0327. The normalized spacial score (nSPS) is 18.0. The molecule has 30 heavy (non-hydrogen) atoms. The van der Waals surface area contributed by atoms with E-state index >= 15 is 0 Å². The van der Waals surface area contributed by atoms with E-state index in [1.807, 2.05) is 11.8 Å². The summed E-state index contributed by atoms with van der Waals surface area (Å²) in [7, 11) is 2.58. The Hall–Kier alpha value is -2.80. The lowest BCUT2D eigenvalue weighted by Crippen LogP contribution is -2.49. The number of aromatic nitrogens is 4. The molecule has 3 aromatic rings. The Morgan fingerprint density at radius 3 is 2.50 bits per heavy atom. The first kappa shape index (κ1) is 19.2. The maximum absolute atomic E-state index is 13.4. The molecule has 0 spiro atoms. The molecule has 1 unspecified atom stereocenters. The van der Waals surface area contributed by atoms with Crippen molar-refractivity contribution in [3.8, 4) is 0 Å². The summed E-state index contributed by atoms with van der Waals surface area (Å²) in [5.41, 5.74) is 1.03. The molecule has 4 heterocycles. The van der Waals surface area contributed by atoms with Gasteiger partial charge in [0.1, 0.15) is 17.9 Å². The van der Waals surface area contributed by atoms with Gasteiger partial charge in [-0.2, -0.15) is 0 Å². The number of anilines is 2. The third-order valence-electron chi connectivity index (χ3n) is 5.81. The lowest BCUT2D eigenvalue weighted by molar-refractivity contribution is 0.0746. The van der Waals surface area contributed by atoms with Gasteiger partial charge in [-0.25, -0.2) is 19.9 Å². The molecule has 156 valence electrons. The van der Waals surface area contributed by atoms with Crippen molar-refractivity contribution < 1.29 is 9.21 Å². The Kier molecular flexibility index (Phi) is 4.58. The van der Waals surface area contributed by atoms with Crippen molar-refractivity contribution in [2.75, 3.05) is 36.4 Å². The van der Waals surface area contributed by atoms with E-state index in [2.05, 4.69) is 46.3 Å². The second-order valence-electron chi connectivity index (χ2n) is 8.22. The van der Waals surface area contributed by atoms with Gasteiger partial charge in [0, 0.05) is 49.4 Å². The van der Waals surface area contributed by atoms with Gasteiger partial charge in [0.05, 0.1) is 10.9 Å². The summed E-state index contributed by atoms with van der Waals surface area (Å²) >= 11 is 0. The van der Waals surface area contributed by atoms with Crippen LogP contribution in [0.25, 0.3) is 11.1 Å². The molecule has 1 N–H and O–H groups in total. The number of furan rings is 1. The van der Waals surface area contributed by atoms with Crippen LogP contribution in [-0.2, 0) is 0 Å². The van der Waals surface area contributed by atoms with Crippen LogP contribution < -0.4 is 15.5 Å². The summed E-state index contributed by atoms with van der Waals surface area (Å²) in [6, 6.07) is 0. The molecule has 9 nitrogen and oxygen atoms in total. The zero-order valence-corrected chi connectivity index (χ0v) is 18.2. The molecule has 0 aromatic carbocycles. The first-order chi connectivity index (χ1) is 14.4. The highest BCUT2D eigenvalue weighted by Gasteiger charge is 2.39. The number of fused-ring (bicyclic) bond motifs is 1. The molecule has 1 saturated heterocycles. The van der Waals surface area contributed by atoms with Crippen molar-refractivity contribution in [3.05, 3.63) is 30.0 Å². The SMILES string of the molecule is Cc1oc2ncnc(NC3(C)CC3)c2c1C(=O)N1CCN(c2ncc(P)cn2)CC1. The van der Waals surface area contributed by atoms with Gasteiger partial charge in [-0.15, -0.1) is 9.24 Å². The number of hydrogen-bond acceptors (Lipinski definition) is 8. The predicted octanol–water partition coefficient (Wildman–Crippen LogP) is 1.75. The Labute approximate surface area is 176 Å². The Balaban J connectivity index is 1.39. The number of amides is 1. The average Bonchev–Trinajstić information content (AvgIpc) is 3.36. The number of rotatable bonds is 4. The first-order valence-corrected chi connectivity index (χ1v) is 10.7. The quantitative estimate of drug-likeness (QED) is 0.631. The maximum atomic E-state index is 13.4. The van der Waals surface area contributed by atoms with Crippen molar-refractivity contribution in [1.29, 1.82) is 0 Å². The molecule has 1 amide bonds. The number of nitrogens with one attached hydrogen (secondary N) is 1. The largest absolute Gasteiger partial charge is 0.442 e. The number of nitrogens with zero attached hydrogens (tertiary/aromatic N) is 6. The molecule has 3 aromatic heterocycles. The fourth-order valence-electron chi connectivity index (χ4n) is 3.76. The monoisotopic (exact) mass is 425 g/mol. The molecule has 2 fully saturated rings. The van der Waals surface area contributed by atoms with Gasteiger partial charge in [0.15, 0.2) is 0 Å². The van der Waals surface area contributed by atoms with Crippen LogP contribution in [0.15, 0.2) is 23.1 Å². The fraction of sp³-hybridized carbons (Fsp3) is 0.450. The topological polar surface area (TPSA) is 100 Å².